The fourth-order valence-corrected chi connectivity index (χ4v) is 2.53. The van der Waals surface area contributed by atoms with Gasteiger partial charge >= 0.3 is 5.97 Å². The van der Waals surface area contributed by atoms with Gasteiger partial charge in [0.2, 0.25) is 5.78 Å². The first kappa shape index (κ1) is 12.2. The summed E-state index contributed by atoms with van der Waals surface area (Å²) in [5.41, 5.74) is 0.748. The van der Waals surface area contributed by atoms with E-state index in [0.29, 0.717) is 5.01 Å². The van der Waals surface area contributed by atoms with Gasteiger partial charge < -0.3 is 4.74 Å². The van der Waals surface area contributed by atoms with Gasteiger partial charge in [-0.15, -0.1) is 11.3 Å². The summed E-state index contributed by atoms with van der Waals surface area (Å²) in [4.78, 5) is 26.9. The molecule has 0 unspecified atom stereocenters. The van der Waals surface area contributed by atoms with Crippen LogP contribution in [0.4, 0.5) is 0 Å². The minimum atomic E-state index is -0.546. The molecule has 0 aliphatic carbocycles. The quantitative estimate of drug-likeness (QED) is 0.497. The number of Topliss-reactive ketones (excluding diaryl/α,β-unsaturated/α-hetero) is 1. The van der Waals surface area contributed by atoms with Crippen LogP contribution < -0.4 is 0 Å². The number of ketones is 1. The van der Waals surface area contributed by atoms with Crippen molar-refractivity contribution in [2.45, 2.75) is 6.42 Å². The lowest BCUT2D eigenvalue weighted by Gasteiger charge is -1.94. The number of carbonyl (C=O) groups excluding carboxylic acids is 2. The zero-order valence-electron chi connectivity index (χ0n) is 8.90. The van der Waals surface area contributed by atoms with Crippen LogP contribution in [0.5, 0.6) is 0 Å². The third-order valence-corrected chi connectivity index (χ3v) is 3.69. The normalized spacial score (nSPS) is 10.5. The fourth-order valence-electron chi connectivity index (χ4n) is 1.30. The molecule has 0 bridgehead atoms. The Kier molecular flexibility index (Phi) is 3.54. The first-order chi connectivity index (χ1) is 8.10. The summed E-state index contributed by atoms with van der Waals surface area (Å²) in [6, 6.07) is 5.60. The molecule has 17 heavy (non-hydrogen) atoms. The molecule has 0 saturated carbocycles. The van der Waals surface area contributed by atoms with Gasteiger partial charge in [0, 0.05) is 4.47 Å². The van der Waals surface area contributed by atoms with E-state index in [9.17, 15) is 9.59 Å². The third-order valence-electron chi connectivity index (χ3n) is 2.12. The SMILES string of the molecule is COC(=O)CC(=O)c1nc2cc(Br)ccc2s1. The summed E-state index contributed by atoms with van der Waals surface area (Å²) in [6.07, 6.45) is -0.266. The third kappa shape index (κ3) is 2.70. The molecule has 1 heterocycles. The summed E-state index contributed by atoms with van der Waals surface area (Å²) < 4.78 is 6.27. The Morgan fingerprint density at radius 1 is 1.47 bits per heavy atom. The molecule has 0 aliphatic heterocycles. The molecule has 0 atom stereocenters. The Morgan fingerprint density at radius 3 is 2.94 bits per heavy atom. The predicted molar refractivity (Wildman–Crippen MR) is 68.3 cm³/mol. The first-order valence-electron chi connectivity index (χ1n) is 4.76. The van der Waals surface area contributed by atoms with E-state index in [2.05, 4.69) is 25.7 Å². The van der Waals surface area contributed by atoms with Crippen molar-refractivity contribution in [3.05, 3.63) is 27.7 Å². The van der Waals surface area contributed by atoms with Crippen molar-refractivity contribution >= 4 is 49.2 Å². The summed E-state index contributed by atoms with van der Waals surface area (Å²) in [5.74, 6) is -0.857. The van der Waals surface area contributed by atoms with Crippen LogP contribution in [0.15, 0.2) is 22.7 Å². The summed E-state index contributed by atoms with van der Waals surface area (Å²) in [7, 11) is 1.26. The van der Waals surface area contributed by atoms with Crippen LogP contribution in [0, 0.1) is 0 Å². The second-order valence-electron chi connectivity index (χ2n) is 3.31. The standard InChI is InChI=1S/C11H8BrNO3S/c1-16-10(15)5-8(14)11-13-7-4-6(12)2-3-9(7)17-11/h2-4H,5H2,1H3. The number of hydrogen-bond donors (Lipinski definition) is 0. The van der Waals surface area contributed by atoms with Crippen LogP contribution in [0.25, 0.3) is 10.2 Å². The minimum absolute atomic E-state index is 0.266. The van der Waals surface area contributed by atoms with E-state index in [0.717, 1.165) is 14.7 Å². The highest BCUT2D eigenvalue weighted by atomic mass is 79.9. The molecule has 0 radical (unpaired) electrons. The topological polar surface area (TPSA) is 56.3 Å². The summed E-state index contributed by atoms with van der Waals surface area (Å²) >= 11 is 4.61. The molecule has 88 valence electrons. The van der Waals surface area contributed by atoms with Gasteiger partial charge in [0.05, 0.1) is 17.3 Å². The number of carbonyl (C=O) groups is 2. The van der Waals surface area contributed by atoms with Crippen LogP contribution in [-0.4, -0.2) is 23.8 Å². The van der Waals surface area contributed by atoms with Gasteiger partial charge in [0.15, 0.2) is 5.01 Å². The highest BCUT2D eigenvalue weighted by Crippen LogP contribution is 2.25. The Balaban J connectivity index is 2.30. The van der Waals surface area contributed by atoms with Crippen LogP contribution >= 0.6 is 27.3 Å². The number of fused-ring (bicyclic) bond motifs is 1. The minimum Gasteiger partial charge on any atom is -0.469 e. The molecule has 0 spiro atoms. The number of thiazole rings is 1. The highest BCUT2D eigenvalue weighted by Gasteiger charge is 2.16. The Hall–Kier alpha value is -1.27. The maximum atomic E-state index is 11.7. The lowest BCUT2D eigenvalue weighted by atomic mass is 10.3. The number of esters is 1. The molecule has 0 saturated heterocycles. The Bertz CT molecular complexity index is 593. The van der Waals surface area contributed by atoms with E-state index >= 15 is 0 Å². The number of nitrogens with zero attached hydrogens (tertiary/aromatic N) is 1. The van der Waals surface area contributed by atoms with Gasteiger partial charge in [-0.1, -0.05) is 15.9 Å². The number of aromatic nitrogens is 1. The van der Waals surface area contributed by atoms with E-state index in [-0.39, 0.29) is 12.2 Å². The predicted octanol–water partition coefficient (Wildman–Crippen LogP) is 2.80. The van der Waals surface area contributed by atoms with Gasteiger partial charge in [-0.2, -0.15) is 0 Å². The van der Waals surface area contributed by atoms with Crippen LogP contribution in [0.3, 0.4) is 0 Å². The van der Waals surface area contributed by atoms with E-state index in [1.54, 1.807) is 0 Å². The maximum absolute atomic E-state index is 11.7. The second-order valence-corrected chi connectivity index (χ2v) is 5.25. The number of ether oxygens (including phenoxy) is 1. The van der Waals surface area contributed by atoms with Crippen molar-refractivity contribution in [1.82, 2.24) is 4.98 Å². The number of halogens is 1. The molecule has 4 nitrogen and oxygen atoms in total. The van der Waals surface area contributed by atoms with Crippen LogP contribution in [0.1, 0.15) is 16.2 Å². The molecular weight excluding hydrogens is 306 g/mol. The molecule has 1 aromatic heterocycles. The van der Waals surface area contributed by atoms with E-state index in [4.69, 9.17) is 0 Å². The van der Waals surface area contributed by atoms with E-state index < -0.39 is 5.97 Å². The number of rotatable bonds is 3. The van der Waals surface area contributed by atoms with Crippen LogP contribution in [-0.2, 0) is 9.53 Å². The lowest BCUT2D eigenvalue weighted by Crippen LogP contribution is -2.09. The highest BCUT2D eigenvalue weighted by molar-refractivity contribution is 9.10. The molecule has 0 fully saturated rings. The number of benzene rings is 1. The smallest absolute Gasteiger partial charge is 0.313 e. The van der Waals surface area contributed by atoms with Crippen molar-refractivity contribution in [2.75, 3.05) is 7.11 Å². The monoisotopic (exact) mass is 313 g/mol. The lowest BCUT2D eigenvalue weighted by molar-refractivity contribution is -0.139. The van der Waals surface area contributed by atoms with Gasteiger partial charge in [0.25, 0.3) is 0 Å². The molecular formula is C11H8BrNO3S. The van der Waals surface area contributed by atoms with Crippen molar-refractivity contribution in [3.8, 4) is 0 Å². The van der Waals surface area contributed by atoms with Crippen molar-refractivity contribution in [3.63, 3.8) is 0 Å². The molecule has 2 rings (SSSR count). The van der Waals surface area contributed by atoms with Crippen molar-refractivity contribution in [1.29, 1.82) is 0 Å². The molecule has 0 amide bonds. The Morgan fingerprint density at radius 2 is 2.24 bits per heavy atom. The Labute approximate surface area is 110 Å². The van der Waals surface area contributed by atoms with Gasteiger partial charge in [-0.05, 0) is 18.2 Å². The van der Waals surface area contributed by atoms with Gasteiger partial charge in [-0.25, -0.2) is 4.98 Å². The zero-order chi connectivity index (χ0) is 12.4. The van der Waals surface area contributed by atoms with Crippen molar-refractivity contribution < 1.29 is 14.3 Å². The fraction of sp³-hybridized carbons (Fsp3) is 0.182. The summed E-state index contributed by atoms with van der Waals surface area (Å²) in [5, 5.41) is 0.337. The van der Waals surface area contributed by atoms with E-state index in [1.807, 2.05) is 18.2 Å². The van der Waals surface area contributed by atoms with Crippen molar-refractivity contribution in [2.24, 2.45) is 0 Å². The average molecular weight is 314 g/mol. The van der Waals surface area contributed by atoms with Gasteiger partial charge in [0.1, 0.15) is 6.42 Å². The number of hydrogen-bond acceptors (Lipinski definition) is 5. The zero-order valence-corrected chi connectivity index (χ0v) is 11.3. The van der Waals surface area contributed by atoms with Gasteiger partial charge in [-0.3, -0.25) is 9.59 Å². The molecule has 0 N–H and O–H groups in total. The average Bonchev–Trinajstić information content (AvgIpc) is 2.71. The maximum Gasteiger partial charge on any atom is 0.313 e. The largest absolute Gasteiger partial charge is 0.469 e. The number of methoxy groups -OCH3 is 1. The second kappa shape index (κ2) is 4.93. The molecule has 0 aliphatic rings. The van der Waals surface area contributed by atoms with E-state index in [1.165, 1.54) is 18.4 Å². The molecule has 1 aromatic carbocycles. The summed E-state index contributed by atoms with van der Waals surface area (Å²) in [6.45, 7) is 0. The van der Waals surface area contributed by atoms with Crippen LogP contribution in [0.2, 0.25) is 0 Å². The molecule has 6 heteroatoms. The molecule has 2 aromatic rings. The first-order valence-corrected chi connectivity index (χ1v) is 6.37.